The zero-order valence-corrected chi connectivity index (χ0v) is 13.5. The van der Waals surface area contributed by atoms with Gasteiger partial charge in [0.2, 0.25) is 5.91 Å². The Morgan fingerprint density at radius 1 is 1.35 bits per heavy atom. The standard InChI is InChI=1S/C16H21N5O2/c1-11-13(12(2)23-20-11)9-16(22)18-10-14-17-6-5-15(19-14)21-7-3-4-8-21/h5-6H,3-4,7-10H2,1-2H3,(H,18,22). The molecule has 7 heteroatoms. The molecule has 122 valence electrons. The van der Waals surface area contributed by atoms with E-state index in [1.807, 2.05) is 19.9 Å². The van der Waals surface area contributed by atoms with E-state index in [0.717, 1.165) is 30.2 Å². The number of nitrogens with zero attached hydrogens (tertiary/aromatic N) is 4. The van der Waals surface area contributed by atoms with E-state index in [1.165, 1.54) is 12.8 Å². The molecule has 3 rings (SSSR count). The summed E-state index contributed by atoms with van der Waals surface area (Å²) in [6.07, 6.45) is 4.41. The molecule has 3 heterocycles. The van der Waals surface area contributed by atoms with Crippen molar-refractivity contribution in [2.24, 2.45) is 0 Å². The van der Waals surface area contributed by atoms with Gasteiger partial charge in [0.15, 0.2) is 0 Å². The van der Waals surface area contributed by atoms with E-state index in [1.54, 1.807) is 6.20 Å². The predicted octanol–water partition coefficient (Wildman–Crippen LogP) is 1.54. The predicted molar refractivity (Wildman–Crippen MR) is 85.0 cm³/mol. The third-order valence-corrected chi connectivity index (χ3v) is 4.08. The SMILES string of the molecule is Cc1noc(C)c1CC(=O)NCc1nccc(N2CCCC2)n1. The number of anilines is 1. The Morgan fingerprint density at radius 3 is 2.83 bits per heavy atom. The van der Waals surface area contributed by atoms with Crippen LogP contribution in [0.2, 0.25) is 0 Å². The second-order valence-corrected chi connectivity index (χ2v) is 5.78. The molecule has 0 radical (unpaired) electrons. The quantitative estimate of drug-likeness (QED) is 0.901. The highest BCUT2D eigenvalue weighted by atomic mass is 16.5. The molecule has 23 heavy (non-hydrogen) atoms. The third-order valence-electron chi connectivity index (χ3n) is 4.08. The van der Waals surface area contributed by atoms with Crippen LogP contribution in [-0.4, -0.2) is 34.1 Å². The Bertz CT molecular complexity index is 672. The van der Waals surface area contributed by atoms with Crippen molar-refractivity contribution >= 4 is 11.7 Å². The van der Waals surface area contributed by atoms with E-state index >= 15 is 0 Å². The minimum atomic E-state index is -0.0884. The van der Waals surface area contributed by atoms with E-state index in [9.17, 15) is 4.79 Å². The number of aryl methyl sites for hydroxylation is 2. The molecule has 0 spiro atoms. The Labute approximate surface area is 135 Å². The van der Waals surface area contributed by atoms with Gasteiger partial charge in [-0.3, -0.25) is 4.79 Å². The van der Waals surface area contributed by atoms with E-state index in [-0.39, 0.29) is 12.3 Å². The van der Waals surface area contributed by atoms with Crippen LogP contribution in [0.15, 0.2) is 16.8 Å². The highest BCUT2D eigenvalue weighted by molar-refractivity contribution is 5.78. The summed E-state index contributed by atoms with van der Waals surface area (Å²) in [6, 6.07) is 1.92. The topological polar surface area (TPSA) is 84.2 Å². The van der Waals surface area contributed by atoms with Crippen molar-refractivity contribution in [3.05, 3.63) is 35.1 Å². The molecule has 1 N–H and O–H groups in total. The fourth-order valence-corrected chi connectivity index (χ4v) is 2.75. The van der Waals surface area contributed by atoms with Gasteiger partial charge in [-0.05, 0) is 32.8 Å². The molecular formula is C16H21N5O2. The van der Waals surface area contributed by atoms with Crippen LogP contribution in [-0.2, 0) is 17.8 Å². The van der Waals surface area contributed by atoms with Gasteiger partial charge in [-0.25, -0.2) is 9.97 Å². The van der Waals surface area contributed by atoms with E-state index in [0.29, 0.717) is 18.1 Å². The van der Waals surface area contributed by atoms with Gasteiger partial charge in [-0.2, -0.15) is 0 Å². The van der Waals surface area contributed by atoms with Crippen LogP contribution in [0.25, 0.3) is 0 Å². The van der Waals surface area contributed by atoms with Crippen molar-refractivity contribution in [3.63, 3.8) is 0 Å². The van der Waals surface area contributed by atoms with Crippen molar-refractivity contribution < 1.29 is 9.32 Å². The summed E-state index contributed by atoms with van der Waals surface area (Å²) < 4.78 is 5.07. The molecule has 0 saturated carbocycles. The van der Waals surface area contributed by atoms with Crippen molar-refractivity contribution in [2.45, 2.75) is 39.7 Å². The van der Waals surface area contributed by atoms with Crippen LogP contribution in [0.1, 0.15) is 35.7 Å². The van der Waals surface area contributed by atoms with E-state index in [2.05, 4.69) is 25.3 Å². The first-order valence-electron chi connectivity index (χ1n) is 7.89. The van der Waals surface area contributed by atoms with Crippen molar-refractivity contribution in [3.8, 4) is 0 Å². The zero-order valence-electron chi connectivity index (χ0n) is 13.5. The molecule has 1 amide bonds. The van der Waals surface area contributed by atoms with Crippen LogP contribution < -0.4 is 10.2 Å². The van der Waals surface area contributed by atoms with E-state index in [4.69, 9.17) is 4.52 Å². The number of carbonyl (C=O) groups is 1. The fourth-order valence-electron chi connectivity index (χ4n) is 2.75. The Kier molecular flexibility index (Phi) is 4.55. The molecule has 2 aromatic heterocycles. The number of carbonyl (C=O) groups excluding carboxylic acids is 1. The second kappa shape index (κ2) is 6.76. The van der Waals surface area contributed by atoms with Gasteiger partial charge < -0.3 is 14.7 Å². The maximum absolute atomic E-state index is 12.1. The molecule has 0 atom stereocenters. The van der Waals surface area contributed by atoms with Gasteiger partial charge in [-0.15, -0.1) is 0 Å². The Balaban J connectivity index is 1.57. The molecule has 0 bridgehead atoms. The van der Waals surface area contributed by atoms with Gasteiger partial charge in [0.25, 0.3) is 0 Å². The molecule has 1 saturated heterocycles. The van der Waals surface area contributed by atoms with Gasteiger partial charge in [0.05, 0.1) is 18.7 Å². The lowest BCUT2D eigenvalue weighted by molar-refractivity contribution is -0.120. The molecule has 2 aromatic rings. The number of hydrogen-bond donors (Lipinski definition) is 1. The molecular weight excluding hydrogens is 294 g/mol. The van der Waals surface area contributed by atoms with Crippen molar-refractivity contribution in [1.29, 1.82) is 0 Å². The molecule has 0 aliphatic carbocycles. The summed E-state index contributed by atoms with van der Waals surface area (Å²) in [5.41, 5.74) is 1.60. The summed E-state index contributed by atoms with van der Waals surface area (Å²) in [4.78, 5) is 23.1. The van der Waals surface area contributed by atoms with Crippen LogP contribution in [0, 0.1) is 13.8 Å². The molecule has 0 unspecified atom stereocenters. The maximum Gasteiger partial charge on any atom is 0.224 e. The largest absolute Gasteiger partial charge is 0.361 e. The van der Waals surface area contributed by atoms with Gasteiger partial charge in [0.1, 0.15) is 17.4 Å². The van der Waals surface area contributed by atoms with E-state index < -0.39 is 0 Å². The molecule has 7 nitrogen and oxygen atoms in total. The number of nitrogens with one attached hydrogen (secondary N) is 1. The van der Waals surface area contributed by atoms with Crippen molar-refractivity contribution in [2.75, 3.05) is 18.0 Å². The number of aromatic nitrogens is 3. The van der Waals surface area contributed by atoms with Crippen LogP contribution in [0.3, 0.4) is 0 Å². The maximum atomic E-state index is 12.1. The lowest BCUT2D eigenvalue weighted by Crippen LogP contribution is -2.26. The lowest BCUT2D eigenvalue weighted by Gasteiger charge is -2.16. The fraction of sp³-hybridized carbons (Fsp3) is 0.500. The number of amides is 1. The zero-order chi connectivity index (χ0) is 16.2. The molecule has 0 aromatic carbocycles. The average Bonchev–Trinajstić information content (AvgIpc) is 3.19. The van der Waals surface area contributed by atoms with Gasteiger partial charge in [-0.1, -0.05) is 5.16 Å². The minimum Gasteiger partial charge on any atom is -0.361 e. The first-order valence-corrected chi connectivity index (χ1v) is 7.89. The van der Waals surface area contributed by atoms with Crippen LogP contribution >= 0.6 is 0 Å². The Hall–Kier alpha value is -2.44. The first kappa shape index (κ1) is 15.5. The Morgan fingerprint density at radius 2 is 2.13 bits per heavy atom. The van der Waals surface area contributed by atoms with Gasteiger partial charge >= 0.3 is 0 Å². The monoisotopic (exact) mass is 315 g/mol. The average molecular weight is 315 g/mol. The normalized spacial score (nSPS) is 14.3. The first-order chi connectivity index (χ1) is 11.1. The summed E-state index contributed by atoms with van der Waals surface area (Å²) in [5.74, 6) is 2.16. The molecule has 1 aliphatic heterocycles. The summed E-state index contributed by atoms with van der Waals surface area (Å²) in [5, 5.41) is 6.72. The molecule has 1 aliphatic rings. The summed E-state index contributed by atoms with van der Waals surface area (Å²) in [7, 11) is 0. The van der Waals surface area contributed by atoms with Crippen molar-refractivity contribution in [1.82, 2.24) is 20.4 Å². The summed E-state index contributed by atoms with van der Waals surface area (Å²) in [6.45, 7) is 6.04. The minimum absolute atomic E-state index is 0.0884. The highest BCUT2D eigenvalue weighted by Crippen LogP contribution is 2.17. The lowest BCUT2D eigenvalue weighted by atomic mass is 10.1. The van der Waals surface area contributed by atoms with Crippen LogP contribution in [0.4, 0.5) is 5.82 Å². The number of rotatable bonds is 5. The second-order valence-electron chi connectivity index (χ2n) is 5.78. The third kappa shape index (κ3) is 3.67. The summed E-state index contributed by atoms with van der Waals surface area (Å²) >= 11 is 0. The molecule has 1 fully saturated rings. The van der Waals surface area contributed by atoms with Crippen LogP contribution in [0.5, 0.6) is 0 Å². The number of hydrogen-bond acceptors (Lipinski definition) is 6. The van der Waals surface area contributed by atoms with Gasteiger partial charge in [0, 0.05) is 24.8 Å². The smallest absolute Gasteiger partial charge is 0.224 e. The highest BCUT2D eigenvalue weighted by Gasteiger charge is 2.15.